The summed E-state index contributed by atoms with van der Waals surface area (Å²) >= 11 is 0. The van der Waals surface area contributed by atoms with Crippen molar-refractivity contribution in [2.45, 2.75) is 31.2 Å². The maximum Gasteiger partial charge on any atom is 0.317 e. The van der Waals surface area contributed by atoms with E-state index in [-0.39, 0.29) is 17.5 Å². The molecular formula is C19H23N3O. The number of nitrogens with one attached hydrogen (secondary N) is 1. The van der Waals surface area contributed by atoms with Crippen molar-refractivity contribution in [3.8, 4) is 0 Å². The summed E-state index contributed by atoms with van der Waals surface area (Å²) in [4.78, 5) is 18.3. The predicted molar refractivity (Wildman–Crippen MR) is 91.2 cm³/mol. The van der Waals surface area contributed by atoms with Crippen molar-refractivity contribution in [2.75, 3.05) is 13.6 Å². The third-order valence-corrected chi connectivity index (χ3v) is 4.89. The van der Waals surface area contributed by atoms with E-state index in [9.17, 15) is 4.79 Å². The first-order valence-electron chi connectivity index (χ1n) is 8.08. The minimum absolute atomic E-state index is 0.00409. The molecule has 0 saturated heterocycles. The molecule has 1 atom stereocenters. The van der Waals surface area contributed by atoms with Crippen LogP contribution in [0.4, 0.5) is 4.79 Å². The van der Waals surface area contributed by atoms with Gasteiger partial charge in [0.25, 0.3) is 0 Å². The fourth-order valence-electron chi connectivity index (χ4n) is 2.90. The molecule has 1 saturated carbocycles. The van der Waals surface area contributed by atoms with Crippen LogP contribution in [0.5, 0.6) is 0 Å². The summed E-state index contributed by atoms with van der Waals surface area (Å²) in [6.07, 6.45) is 5.83. The summed E-state index contributed by atoms with van der Waals surface area (Å²) in [7, 11) is 1.83. The molecule has 0 unspecified atom stereocenters. The fraction of sp³-hybridized carbons (Fsp3) is 0.368. The summed E-state index contributed by atoms with van der Waals surface area (Å²) in [5.74, 6) is 0. The second-order valence-electron chi connectivity index (χ2n) is 6.38. The van der Waals surface area contributed by atoms with E-state index in [2.05, 4.69) is 34.6 Å². The number of rotatable bonds is 5. The molecule has 0 bridgehead atoms. The molecule has 2 aromatic rings. The zero-order valence-corrected chi connectivity index (χ0v) is 13.7. The van der Waals surface area contributed by atoms with Crippen LogP contribution in [0.25, 0.3) is 0 Å². The summed E-state index contributed by atoms with van der Waals surface area (Å²) in [5.41, 5.74) is 2.49. The van der Waals surface area contributed by atoms with Crippen LogP contribution in [-0.4, -0.2) is 29.5 Å². The SMILES string of the molecule is C[C@H](c1cccnc1)N(C)C(=O)NCC1(c2ccccc2)CC1. The van der Waals surface area contributed by atoms with Gasteiger partial charge in [0.15, 0.2) is 0 Å². The number of carbonyl (C=O) groups excluding carboxylic acids is 1. The molecule has 0 radical (unpaired) electrons. The van der Waals surface area contributed by atoms with Crippen LogP contribution in [-0.2, 0) is 5.41 Å². The number of carbonyl (C=O) groups is 1. The monoisotopic (exact) mass is 309 g/mol. The van der Waals surface area contributed by atoms with Crippen LogP contribution in [0.15, 0.2) is 54.9 Å². The zero-order chi connectivity index (χ0) is 16.3. The standard InChI is InChI=1S/C19H23N3O/c1-15(16-7-6-12-20-13-16)22(2)18(23)21-14-19(10-11-19)17-8-4-3-5-9-17/h3-9,12-13,15H,10-11,14H2,1-2H3,(H,21,23)/t15-/m1/s1. The van der Waals surface area contributed by atoms with Gasteiger partial charge in [-0.2, -0.15) is 0 Å². The van der Waals surface area contributed by atoms with E-state index in [1.54, 1.807) is 17.3 Å². The van der Waals surface area contributed by atoms with Gasteiger partial charge in [-0.25, -0.2) is 4.79 Å². The van der Waals surface area contributed by atoms with Gasteiger partial charge in [0.2, 0.25) is 0 Å². The topological polar surface area (TPSA) is 45.2 Å². The molecule has 3 rings (SSSR count). The van der Waals surface area contributed by atoms with E-state index in [0.29, 0.717) is 6.54 Å². The maximum atomic E-state index is 12.5. The van der Waals surface area contributed by atoms with E-state index < -0.39 is 0 Å². The Morgan fingerprint density at radius 2 is 2.00 bits per heavy atom. The molecule has 4 heteroatoms. The van der Waals surface area contributed by atoms with E-state index in [1.165, 1.54) is 5.56 Å². The lowest BCUT2D eigenvalue weighted by Gasteiger charge is -2.26. The number of hydrogen-bond acceptors (Lipinski definition) is 2. The Balaban J connectivity index is 1.59. The van der Waals surface area contributed by atoms with Gasteiger partial charge in [0.05, 0.1) is 6.04 Å². The summed E-state index contributed by atoms with van der Waals surface area (Å²) in [6, 6.07) is 14.3. The van der Waals surface area contributed by atoms with Gasteiger partial charge in [0, 0.05) is 31.4 Å². The Labute approximate surface area is 137 Å². The number of aromatic nitrogens is 1. The highest BCUT2D eigenvalue weighted by atomic mass is 16.2. The van der Waals surface area contributed by atoms with Crippen molar-refractivity contribution in [2.24, 2.45) is 0 Å². The van der Waals surface area contributed by atoms with Crippen molar-refractivity contribution in [3.05, 3.63) is 66.0 Å². The van der Waals surface area contributed by atoms with Crippen molar-refractivity contribution >= 4 is 6.03 Å². The molecule has 1 heterocycles. The van der Waals surface area contributed by atoms with Gasteiger partial charge in [-0.05, 0) is 37.0 Å². The normalized spacial score (nSPS) is 16.4. The quantitative estimate of drug-likeness (QED) is 0.918. The molecule has 4 nitrogen and oxygen atoms in total. The Hall–Kier alpha value is -2.36. The largest absolute Gasteiger partial charge is 0.337 e. The Morgan fingerprint density at radius 3 is 2.61 bits per heavy atom. The first kappa shape index (κ1) is 15.5. The molecule has 1 aromatic heterocycles. The Morgan fingerprint density at radius 1 is 1.26 bits per heavy atom. The van der Waals surface area contributed by atoms with Gasteiger partial charge in [0.1, 0.15) is 0 Å². The van der Waals surface area contributed by atoms with Crippen LogP contribution < -0.4 is 5.32 Å². The number of hydrogen-bond donors (Lipinski definition) is 1. The first-order valence-corrected chi connectivity index (χ1v) is 8.08. The molecule has 0 aliphatic heterocycles. The number of amides is 2. The van der Waals surface area contributed by atoms with Gasteiger partial charge in [-0.1, -0.05) is 36.4 Å². The molecule has 2 amide bonds. The summed E-state index contributed by atoms with van der Waals surface area (Å²) in [6.45, 7) is 2.71. The molecule has 1 aliphatic carbocycles. The molecule has 1 aliphatic rings. The van der Waals surface area contributed by atoms with Gasteiger partial charge in [-0.3, -0.25) is 4.98 Å². The fourth-order valence-corrected chi connectivity index (χ4v) is 2.90. The van der Waals surface area contributed by atoms with Gasteiger partial charge >= 0.3 is 6.03 Å². The van der Waals surface area contributed by atoms with Crippen LogP contribution in [0.1, 0.15) is 36.9 Å². The molecule has 0 spiro atoms. The highest BCUT2D eigenvalue weighted by Gasteiger charge is 2.44. The minimum atomic E-state index is -0.0384. The number of nitrogens with zero attached hydrogens (tertiary/aromatic N) is 2. The Kier molecular flexibility index (Phi) is 4.33. The molecule has 1 N–H and O–H groups in total. The lowest BCUT2D eigenvalue weighted by molar-refractivity contribution is 0.193. The highest BCUT2D eigenvalue weighted by molar-refractivity contribution is 5.74. The van der Waals surface area contributed by atoms with E-state index in [4.69, 9.17) is 0 Å². The maximum absolute atomic E-state index is 12.5. The number of urea groups is 1. The van der Waals surface area contributed by atoms with Crippen LogP contribution >= 0.6 is 0 Å². The van der Waals surface area contributed by atoms with Gasteiger partial charge in [-0.15, -0.1) is 0 Å². The average molecular weight is 309 g/mol. The van der Waals surface area contributed by atoms with Crippen LogP contribution in [0.3, 0.4) is 0 Å². The van der Waals surface area contributed by atoms with E-state index in [0.717, 1.165) is 18.4 Å². The van der Waals surface area contributed by atoms with Crippen molar-refractivity contribution in [3.63, 3.8) is 0 Å². The molecule has 1 fully saturated rings. The Bertz CT molecular complexity index is 653. The predicted octanol–water partition coefficient (Wildman–Crippen LogP) is 3.52. The molecule has 23 heavy (non-hydrogen) atoms. The summed E-state index contributed by atoms with van der Waals surface area (Å²) < 4.78 is 0. The minimum Gasteiger partial charge on any atom is -0.337 e. The second-order valence-corrected chi connectivity index (χ2v) is 6.38. The number of benzene rings is 1. The highest BCUT2D eigenvalue weighted by Crippen LogP contribution is 2.47. The average Bonchev–Trinajstić information content (AvgIpc) is 3.41. The number of pyridine rings is 1. The van der Waals surface area contributed by atoms with Crippen LogP contribution in [0.2, 0.25) is 0 Å². The smallest absolute Gasteiger partial charge is 0.317 e. The molecule has 120 valence electrons. The molecular weight excluding hydrogens is 286 g/mol. The lowest BCUT2D eigenvalue weighted by Crippen LogP contribution is -2.42. The van der Waals surface area contributed by atoms with Crippen molar-refractivity contribution in [1.29, 1.82) is 0 Å². The molecule has 1 aromatic carbocycles. The third kappa shape index (κ3) is 3.36. The van der Waals surface area contributed by atoms with Crippen LogP contribution in [0, 0.1) is 0 Å². The third-order valence-electron chi connectivity index (χ3n) is 4.89. The first-order chi connectivity index (χ1) is 11.1. The van der Waals surface area contributed by atoms with E-state index in [1.807, 2.05) is 32.2 Å². The van der Waals surface area contributed by atoms with E-state index >= 15 is 0 Å². The van der Waals surface area contributed by atoms with Crippen molar-refractivity contribution in [1.82, 2.24) is 15.2 Å². The zero-order valence-electron chi connectivity index (χ0n) is 13.7. The summed E-state index contributed by atoms with van der Waals surface area (Å²) in [5, 5.41) is 3.10. The van der Waals surface area contributed by atoms with Gasteiger partial charge < -0.3 is 10.2 Å². The van der Waals surface area contributed by atoms with Crippen molar-refractivity contribution < 1.29 is 4.79 Å². The lowest BCUT2D eigenvalue weighted by atomic mass is 9.96. The second kappa shape index (κ2) is 6.41.